The van der Waals surface area contributed by atoms with E-state index in [1.807, 2.05) is 0 Å². The molecule has 3 rings (SSSR count). The molecule has 2 N–H and O–H groups in total. The highest BCUT2D eigenvalue weighted by atomic mass is 32.2. The molecule has 6 nitrogen and oxygen atoms in total. The van der Waals surface area contributed by atoms with Crippen molar-refractivity contribution in [2.75, 3.05) is 16.5 Å². The minimum Gasteiger partial charge on any atom is -0.371 e. The first kappa shape index (κ1) is 20.1. The van der Waals surface area contributed by atoms with Crippen LogP contribution in [0.5, 0.6) is 0 Å². The van der Waals surface area contributed by atoms with Gasteiger partial charge in [0.15, 0.2) is 9.84 Å². The lowest BCUT2D eigenvalue weighted by molar-refractivity contribution is 0.102. The van der Waals surface area contributed by atoms with E-state index in [4.69, 9.17) is 5.26 Å². The number of nitriles is 1. The number of carbonyl (C=O) groups excluding carboxylic acids is 1. The number of hydrogen-bond donors (Lipinski definition) is 2. The van der Waals surface area contributed by atoms with Gasteiger partial charge in [-0.15, -0.1) is 0 Å². The maximum absolute atomic E-state index is 12.4. The van der Waals surface area contributed by atoms with E-state index in [1.54, 1.807) is 78.9 Å². The minimum atomic E-state index is -3.44. The summed E-state index contributed by atoms with van der Waals surface area (Å²) in [5.74, 6) is -0.515. The van der Waals surface area contributed by atoms with Gasteiger partial charge in [-0.05, 0) is 54.1 Å². The minimum absolute atomic E-state index is 0.238. The molecule has 0 aliphatic heterocycles. The molecule has 0 aromatic heterocycles. The van der Waals surface area contributed by atoms with E-state index in [2.05, 4.69) is 16.7 Å². The van der Waals surface area contributed by atoms with Gasteiger partial charge >= 0.3 is 0 Å². The Labute approximate surface area is 169 Å². The van der Waals surface area contributed by atoms with Crippen LogP contribution < -0.4 is 10.6 Å². The molecule has 3 aromatic rings. The molecule has 1 amide bonds. The molecular formula is C22H19N3O3S. The number of carbonyl (C=O) groups is 1. The Morgan fingerprint density at radius 2 is 1.48 bits per heavy atom. The first-order valence-electron chi connectivity index (χ1n) is 8.87. The third-order valence-corrected chi connectivity index (χ3v) is 5.73. The van der Waals surface area contributed by atoms with Crippen molar-refractivity contribution in [2.24, 2.45) is 0 Å². The smallest absolute Gasteiger partial charge is 0.255 e. The largest absolute Gasteiger partial charge is 0.371 e. The second-order valence-electron chi connectivity index (χ2n) is 6.31. The summed E-state index contributed by atoms with van der Waals surface area (Å²) in [5, 5.41) is 14.3. The highest BCUT2D eigenvalue weighted by Gasteiger charge is 2.13. The fourth-order valence-corrected chi connectivity index (χ4v) is 3.72. The first-order valence-corrected chi connectivity index (χ1v) is 10.5. The van der Waals surface area contributed by atoms with Gasteiger partial charge in [0, 0.05) is 16.9 Å². The van der Waals surface area contributed by atoms with Crippen molar-refractivity contribution >= 4 is 27.1 Å². The lowest BCUT2D eigenvalue weighted by Crippen LogP contribution is -2.15. The zero-order valence-corrected chi connectivity index (χ0v) is 16.3. The van der Waals surface area contributed by atoms with Gasteiger partial charge in [-0.3, -0.25) is 4.79 Å². The van der Waals surface area contributed by atoms with E-state index in [9.17, 15) is 13.2 Å². The third kappa shape index (κ3) is 5.43. The fourth-order valence-electron chi connectivity index (χ4n) is 2.63. The molecule has 0 saturated carbocycles. The van der Waals surface area contributed by atoms with Crippen molar-refractivity contribution in [1.82, 2.24) is 0 Å². The van der Waals surface area contributed by atoms with Crippen LogP contribution in [0.2, 0.25) is 0 Å². The van der Waals surface area contributed by atoms with Gasteiger partial charge in [-0.1, -0.05) is 30.3 Å². The molecule has 0 unspecified atom stereocenters. The number of rotatable bonds is 7. The second-order valence-corrected chi connectivity index (χ2v) is 8.30. The number of nitrogens with zero attached hydrogens (tertiary/aromatic N) is 1. The van der Waals surface area contributed by atoms with Gasteiger partial charge in [0.05, 0.1) is 17.4 Å². The topological polar surface area (TPSA) is 99.1 Å². The second kappa shape index (κ2) is 9.04. The van der Waals surface area contributed by atoms with Gasteiger partial charge in [-0.2, -0.15) is 5.26 Å². The van der Waals surface area contributed by atoms with E-state index < -0.39 is 9.84 Å². The van der Waals surface area contributed by atoms with Gasteiger partial charge < -0.3 is 10.6 Å². The highest BCUT2D eigenvalue weighted by Crippen LogP contribution is 2.16. The fraction of sp³-hybridized carbons (Fsp3) is 0.0909. The van der Waals surface area contributed by atoms with E-state index in [-0.39, 0.29) is 16.7 Å². The molecule has 0 saturated heterocycles. The summed E-state index contributed by atoms with van der Waals surface area (Å²) in [6.45, 7) is 0. The van der Waals surface area contributed by atoms with Crippen molar-refractivity contribution in [3.63, 3.8) is 0 Å². The van der Waals surface area contributed by atoms with E-state index >= 15 is 0 Å². The van der Waals surface area contributed by atoms with Gasteiger partial charge in [0.25, 0.3) is 5.91 Å². The molecule has 0 fully saturated rings. The van der Waals surface area contributed by atoms with Crippen LogP contribution in [0.3, 0.4) is 0 Å². The molecule has 0 aliphatic carbocycles. The molecule has 0 spiro atoms. The zero-order valence-electron chi connectivity index (χ0n) is 15.5. The van der Waals surface area contributed by atoms with Crippen LogP contribution in [0, 0.1) is 11.3 Å². The number of benzene rings is 3. The molecular weight excluding hydrogens is 386 g/mol. The van der Waals surface area contributed by atoms with Crippen molar-refractivity contribution in [3.05, 3.63) is 90.0 Å². The van der Waals surface area contributed by atoms with E-state index in [0.717, 1.165) is 5.56 Å². The number of amides is 1. The van der Waals surface area contributed by atoms with Crippen LogP contribution in [0.15, 0.2) is 83.8 Å². The number of hydrogen-bond acceptors (Lipinski definition) is 5. The summed E-state index contributed by atoms with van der Waals surface area (Å²) >= 11 is 0. The monoisotopic (exact) mass is 405 g/mol. The van der Waals surface area contributed by atoms with Gasteiger partial charge in [0.2, 0.25) is 0 Å². The summed E-state index contributed by atoms with van der Waals surface area (Å²) in [5.41, 5.74) is 2.56. The SMILES string of the molecule is N#CCc1ccc(NC(=O)c2ccc(NCS(=O)(=O)c3ccccc3)cc2)cc1. The molecule has 0 atom stereocenters. The Bertz CT molecular complexity index is 1120. The maximum atomic E-state index is 12.4. The zero-order chi connectivity index (χ0) is 20.7. The number of anilines is 2. The Morgan fingerprint density at radius 3 is 2.10 bits per heavy atom. The summed E-state index contributed by atoms with van der Waals surface area (Å²) in [7, 11) is -3.44. The Kier molecular flexibility index (Phi) is 6.27. The maximum Gasteiger partial charge on any atom is 0.255 e. The van der Waals surface area contributed by atoms with Crippen molar-refractivity contribution in [1.29, 1.82) is 5.26 Å². The standard InChI is InChI=1S/C22H19N3O3S/c23-15-14-17-6-10-20(11-7-17)25-22(26)18-8-12-19(13-9-18)24-16-29(27,28)21-4-2-1-3-5-21/h1-13,24H,14,16H2,(H,25,26). The first-order chi connectivity index (χ1) is 14.0. The Hall–Kier alpha value is -3.63. The molecule has 3 aromatic carbocycles. The summed E-state index contributed by atoms with van der Waals surface area (Å²) < 4.78 is 24.6. The number of sulfone groups is 1. The van der Waals surface area contributed by atoms with Crippen molar-refractivity contribution in [2.45, 2.75) is 11.3 Å². The van der Waals surface area contributed by atoms with Crippen LogP contribution in [-0.2, 0) is 16.3 Å². The summed E-state index contributed by atoms with van der Waals surface area (Å²) in [4.78, 5) is 12.6. The third-order valence-electron chi connectivity index (χ3n) is 4.21. The predicted molar refractivity (Wildman–Crippen MR) is 112 cm³/mol. The van der Waals surface area contributed by atoms with Crippen LogP contribution in [0.1, 0.15) is 15.9 Å². The van der Waals surface area contributed by atoms with Gasteiger partial charge in [-0.25, -0.2) is 8.42 Å². The Morgan fingerprint density at radius 1 is 0.862 bits per heavy atom. The molecule has 146 valence electrons. The normalized spacial score (nSPS) is 10.7. The summed E-state index contributed by atoms with van der Waals surface area (Å²) in [6.07, 6.45) is 0.322. The average molecular weight is 405 g/mol. The number of nitrogens with one attached hydrogen (secondary N) is 2. The predicted octanol–water partition coefficient (Wildman–Crippen LogP) is 3.85. The average Bonchev–Trinajstić information content (AvgIpc) is 2.75. The van der Waals surface area contributed by atoms with E-state index in [0.29, 0.717) is 23.4 Å². The Balaban J connectivity index is 1.59. The van der Waals surface area contributed by atoms with Crippen molar-refractivity contribution in [3.8, 4) is 6.07 Å². The lowest BCUT2D eigenvalue weighted by atomic mass is 10.1. The molecule has 0 heterocycles. The van der Waals surface area contributed by atoms with Crippen LogP contribution in [0.25, 0.3) is 0 Å². The lowest BCUT2D eigenvalue weighted by Gasteiger charge is -2.09. The highest BCUT2D eigenvalue weighted by molar-refractivity contribution is 7.91. The molecule has 0 aliphatic rings. The summed E-state index contributed by atoms with van der Waals surface area (Å²) in [6, 6.07) is 23.9. The molecule has 7 heteroatoms. The molecule has 0 radical (unpaired) electrons. The molecule has 0 bridgehead atoms. The van der Waals surface area contributed by atoms with Gasteiger partial charge in [0.1, 0.15) is 5.88 Å². The quantitative estimate of drug-likeness (QED) is 0.622. The molecule has 29 heavy (non-hydrogen) atoms. The van der Waals surface area contributed by atoms with Crippen molar-refractivity contribution < 1.29 is 13.2 Å². The van der Waals surface area contributed by atoms with Crippen LogP contribution in [-0.4, -0.2) is 20.2 Å². The van der Waals surface area contributed by atoms with E-state index in [1.165, 1.54) is 0 Å². The van der Waals surface area contributed by atoms with Crippen LogP contribution >= 0.6 is 0 Å². The van der Waals surface area contributed by atoms with Crippen LogP contribution in [0.4, 0.5) is 11.4 Å².